The van der Waals surface area contributed by atoms with Crippen LogP contribution in [0.15, 0.2) is 0 Å². The monoisotopic (exact) mass is 198 g/mol. The largest absolute Gasteiger partial charge is 0.378 e. The standard InChI is InChI=1S/C13H26O/c1-10(8-13(3,4)5)12-7-6-11(2)14-9-12/h10-12H,6-9H2,1-5H3. The van der Waals surface area contributed by atoms with Crippen molar-refractivity contribution in [3.05, 3.63) is 0 Å². The zero-order valence-electron chi connectivity index (χ0n) is 10.5. The summed E-state index contributed by atoms with van der Waals surface area (Å²) < 4.78 is 5.73. The van der Waals surface area contributed by atoms with Crippen LogP contribution in [0.3, 0.4) is 0 Å². The highest BCUT2D eigenvalue weighted by Crippen LogP contribution is 2.33. The number of hydrogen-bond acceptors (Lipinski definition) is 1. The van der Waals surface area contributed by atoms with Gasteiger partial charge >= 0.3 is 0 Å². The quantitative estimate of drug-likeness (QED) is 0.654. The predicted octanol–water partition coefficient (Wildman–Crippen LogP) is 3.87. The molecule has 0 radical (unpaired) electrons. The molecule has 1 saturated heterocycles. The number of rotatable bonds is 2. The first kappa shape index (κ1) is 12.0. The molecular formula is C13H26O. The molecule has 0 N–H and O–H groups in total. The van der Waals surface area contributed by atoms with Crippen LogP contribution in [-0.2, 0) is 4.74 Å². The molecule has 14 heavy (non-hydrogen) atoms. The summed E-state index contributed by atoms with van der Waals surface area (Å²) in [6.07, 6.45) is 4.42. The summed E-state index contributed by atoms with van der Waals surface area (Å²) in [4.78, 5) is 0. The van der Waals surface area contributed by atoms with Crippen molar-refractivity contribution in [3.8, 4) is 0 Å². The lowest BCUT2D eigenvalue weighted by molar-refractivity contribution is -0.0247. The van der Waals surface area contributed by atoms with Crippen LogP contribution in [0.2, 0.25) is 0 Å². The highest BCUT2D eigenvalue weighted by Gasteiger charge is 2.26. The Morgan fingerprint density at radius 2 is 1.93 bits per heavy atom. The molecule has 1 fully saturated rings. The topological polar surface area (TPSA) is 9.23 Å². The third-order valence-corrected chi connectivity index (χ3v) is 3.28. The van der Waals surface area contributed by atoms with Gasteiger partial charge in [0.25, 0.3) is 0 Å². The summed E-state index contributed by atoms with van der Waals surface area (Å²) in [6.45, 7) is 12.5. The molecular weight excluding hydrogens is 172 g/mol. The number of ether oxygens (including phenoxy) is 1. The molecule has 3 unspecified atom stereocenters. The zero-order chi connectivity index (χ0) is 10.8. The molecule has 0 spiro atoms. The first-order valence-electron chi connectivity index (χ1n) is 6.00. The third kappa shape index (κ3) is 4.00. The minimum Gasteiger partial charge on any atom is -0.378 e. The van der Waals surface area contributed by atoms with Crippen molar-refractivity contribution < 1.29 is 4.74 Å². The second kappa shape index (κ2) is 4.65. The van der Waals surface area contributed by atoms with Gasteiger partial charge in [-0.2, -0.15) is 0 Å². The van der Waals surface area contributed by atoms with Crippen molar-refractivity contribution in [1.82, 2.24) is 0 Å². The molecule has 84 valence electrons. The Bertz CT molecular complexity index is 161. The Labute approximate surface area is 89.2 Å². The van der Waals surface area contributed by atoms with Crippen LogP contribution in [0.5, 0.6) is 0 Å². The van der Waals surface area contributed by atoms with Crippen LogP contribution in [0.4, 0.5) is 0 Å². The summed E-state index contributed by atoms with van der Waals surface area (Å²) in [5.41, 5.74) is 0.461. The van der Waals surface area contributed by atoms with Crippen molar-refractivity contribution in [2.24, 2.45) is 17.3 Å². The van der Waals surface area contributed by atoms with Crippen molar-refractivity contribution in [2.45, 2.75) is 60.0 Å². The van der Waals surface area contributed by atoms with E-state index in [0.717, 1.165) is 18.4 Å². The van der Waals surface area contributed by atoms with E-state index in [2.05, 4.69) is 34.6 Å². The molecule has 0 amide bonds. The first-order chi connectivity index (χ1) is 6.38. The van der Waals surface area contributed by atoms with E-state index in [1.54, 1.807) is 0 Å². The van der Waals surface area contributed by atoms with E-state index in [-0.39, 0.29) is 0 Å². The van der Waals surface area contributed by atoms with Crippen molar-refractivity contribution in [3.63, 3.8) is 0 Å². The van der Waals surface area contributed by atoms with Crippen LogP contribution in [-0.4, -0.2) is 12.7 Å². The SMILES string of the molecule is CC1CCC(C(C)CC(C)(C)C)CO1. The van der Waals surface area contributed by atoms with Gasteiger partial charge in [0.2, 0.25) is 0 Å². The van der Waals surface area contributed by atoms with Crippen LogP contribution < -0.4 is 0 Å². The molecule has 1 rings (SSSR count). The van der Waals surface area contributed by atoms with Crippen LogP contribution in [0.25, 0.3) is 0 Å². The average Bonchev–Trinajstić information content (AvgIpc) is 2.02. The van der Waals surface area contributed by atoms with Gasteiger partial charge in [0.15, 0.2) is 0 Å². The van der Waals surface area contributed by atoms with Gasteiger partial charge in [-0.25, -0.2) is 0 Å². The fourth-order valence-corrected chi connectivity index (χ4v) is 2.48. The summed E-state index contributed by atoms with van der Waals surface area (Å²) in [7, 11) is 0. The molecule has 0 aromatic rings. The molecule has 0 aromatic carbocycles. The molecule has 0 aromatic heterocycles. The summed E-state index contributed by atoms with van der Waals surface area (Å²) >= 11 is 0. The van der Waals surface area contributed by atoms with Gasteiger partial charge in [-0.1, -0.05) is 27.7 Å². The summed E-state index contributed by atoms with van der Waals surface area (Å²) in [5.74, 6) is 1.60. The average molecular weight is 198 g/mol. The van der Waals surface area contributed by atoms with E-state index in [0.29, 0.717) is 11.5 Å². The number of hydrogen-bond donors (Lipinski definition) is 0. The fourth-order valence-electron chi connectivity index (χ4n) is 2.48. The Balaban J connectivity index is 2.34. The lowest BCUT2D eigenvalue weighted by Gasteiger charge is -2.34. The van der Waals surface area contributed by atoms with Gasteiger partial charge < -0.3 is 4.74 Å². The second-order valence-corrected chi connectivity index (χ2v) is 6.22. The minimum absolute atomic E-state index is 0.461. The van der Waals surface area contributed by atoms with E-state index in [1.165, 1.54) is 19.3 Å². The minimum atomic E-state index is 0.461. The lowest BCUT2D eigenvalue weighted by atomic mass is 9.77. The van der Waals surface area contributed by atoms with E-state index in [1.807, 2.05) is 0 Å². The lowest BCUT2D eigenvalue weighted by Crippen LogP contribution is -2.29. The maximum Gasteiger partial charge on any atom is 0.0547 e. The highest BCUT2D eigenvalue weighted by molar-refractivity contribution is 4.76. The zero-order valence-corrected chi connectivity index (χ0v) is 10.5. The molecule has 0 bridgehead atoms. The van der Waals surface area contributed by atoms with Gasteiger partial charge in [-0.05, 0) is 43.4 Å². The molecule has 1 aliphatic heterocycles. The van der Waals surface area contributed by atoms with Gasteiger partial charge in [-0.3, -0.25) is 0 Å². The van der Waals surface area contributed by atoms with Gasteiger partial charge in [0, 0.05) is 6.61 Å². The van der Waals surface area contributed by atoms with Crippen molar-refractivity contribution in [1.29, 1.82) is 0 Å². The molecule has 1 heterocycles. The fraction of sp³-hybridized carbons (Fsp3) is 1.00. The predicted molar refractivity (Wildman–Crippen MR) is 61.4 cm³/mol. The maximum atomic E-state index is 5.73. The van der Waals surface area contributed by atoms with E-state index in [4.69, 9.17) is 4.74 Å². The Kier molecular flexibility index (Phi) is 4.00. The van der Waals surface area contributed by atoms with Crippen LogP contribution >= 0.6 is 0 Å². The van der Waals surface area contributed by atoms with Crippen molar-refractivity contribution in [2.75, 3.05) is 6.61 Å². The summed E-state index contributed by atoms with van der Waals surface area (Å²) in [5, 5.41) is 0. The van der Waals surface area contributed by atoms with Gasteiger partial charge in [0.05, 0.1) is 6.10 Å². The smallest absolute Gasteiger partial charge is 0.0547 e. The Morgan fingerprint density at radius 1 is 1.29 bits per heavy atom. The molecule has 1 aliphatic rings. The molecule has 3 atom stereocenters. The maximum absolute atomic E-state index is 5.73. The highest BCUT2D eigenvalue weighted by atomic mass is 16.5. The Hall–Kier alpha value is -0.0400. The molecule has 0 aliphatic carbocycles. The molecule has 1 nitrogen and oxygen atoms in total. The first-order valence-corrected chi connectivity index (χ1v) is 6.00. The van der Waals surface area contributed by atoms with Gasteiger partial charge in [0.1, 0.15) is 0 Å². The third-order valence-electron chi connectivity index (χ3n) is 3.28. The van der Waals surface area contributed by atoms with Crippen LogP contribution in [0.1, 0.15) is 53.9 Å². The van der Waals surface area contributed by atoms with E-state index in [9.17, 15) is 0 Å². The van der Waals surface area contributed by atoms with E-state index >= 15 is 0 Å². The van der Waals surface area contributed by atoms with Crippen molar-refractivity contribution >= 4 is 0 Å². The summed E-state index contributed by atoms with van der Waals surface area (Å²) in [6, 6.07) is 0. The molecule has 0 saturated carbocycles. The second-order valence-electron chi connectivity index (χ2n) is 6.22. The molecule has 1 heteroatoms. The van der Waals surface area contributed by atoms with E-state index < -0.39 is 0 Å². The van der Waals surface area contributed by atoms with Gasteiger partial charge in [-0.15, -0.1) is 0 Å². The normalized spacial score (nSPS) is 31.5. The van der Waals surface area contributed by atoms with Crippen LogP contribution in [0, 0.1) is 17.3 Å². The Morgan fingerprint density at radius 3 is 2.36 bits per heavy atom.